The van der Waals surface area contributed by atoms with E-state index in [0.717, 1.165) is 33.2 Å². The summed E-state index contributed by atoms with van der Waals surface area (Å²) in [6.07, 6.45) is -0.172. The van der Waals surface area contributed by atoms with E-state index >= 15 is 0 Å². The van der Waals surface area contributed by atoms with E-state index in [0.29, 0.717) is 31.9 Å². The lowest BCUT2D eigenvalue weighted by molar-refractivity contribution is -0.0242. The quantitative estimate of drug-likeness (QED) is 0.358. The van der Waals surface area contributed by atoms with Crippen LogP contribution in [0, 0.1) is 5.92 Å². The van der Waals surface area contributed by atoms with Gasteiger partial charge in [-0.2, -0.15) is 0 Å². The molecule has 1 aliphatic rings. The molecule has 210 valence electrons. The molecule has 3 atom stereocenters. The molecule has 3 aromatic carbocycles. The first-order valence-electron chi connectivity index (χ1n) is 13.9. The van der Waals surface area contributed by atoms with Crippen LogP contribution in [0.3, 0.4) is 0 Å². The van der Waals surface area contributed by atoms with Gasteiger partial charge in [-0.1, -0.05) is 61.5 Å². The molecular formula is C33H39N3O4. The van der Waals surface area contributed by atoms with Gasteiger partial charge in [0.2, 0.25) is 0 Å². The zero-order chi connectivity index (χ0) is 28.4. The van der Waals surface area contributed by atoms with Crippen LogP contribution in [0.1, 0.15) is 35.5 Å². The summed E-state index contributed by atoms with van der Waals surface area (Å²) in [6, 6.07) is 23.2. The van der Waals surface area contributed by atoms with E-state index in [-0.39, 0.29) is 36.3 Å². The zero-order valence-electron chi connectivity index (χ0n) is 23.7. The molecule has 0 aliphatic carbocycles. The van der Waals surface area contributed by atoms with Gasteiger partial charge in [0.05, 0.1) is 25.4 Å². The van der Waals surface area contributed by atoms with Gasteiger partial charge in [-0.15, -0.1) is 0 Å². The summed E-state index contributed by atoms with van der Waals surface area (Å²) in [6.45, 7) is 6.04. The van der Waals surface area contributed by atoms with Crippen molar-refractivity contribution in [3.8, 4) is 16.9 Å². The van der Waals surface area contributed by atoms with Crippen LogP contribution in [-0.2, 0) is 24.9 Å². The lowest BCUT2D eigenvalue weighted by Gasteiger charge is -2.35. The van der Waals surface area contributed by atoms with Crippen LogP contribution in [0.15, 0.2) is 72.8 Å². The van der Waals surface area contributed by atoms with Crippen molar-refractivity contribution in [2.75, 3.05) is 26.7 Å². The third-order valence-corrected chi connectivity index (χ3v) is 8.08. The number of carbonyl (C=O) groups excluding carboxylic acids is 1. The van der Waals surface area contributed by atoms with Gasteiger partial charge in [-0.25, -0.2) is 0 Å². The van der Waals surface area contributed by atoms with Crippen LogP contribution in [0.2, 0.25) is 0 Å². The third kappa shape index (κ3) is 5.50. The van der Waals surface area contributed by atoms with E-state index in [1.54, 1.807) is 12.1 Å². The molecule has 1 aromatic heterocycles. The van der Waals surface area contributed by atoms with Gasteiger partial charge in [0.15, 0.2) is 0 Å². The smallest absolute Gasteiger partial charge is 0.271 e. The Morgan fingerprint density at radius 3 is 2.60 bits per heavy atom. The molecule has 5 rings (SSSR count). The van der Waals surface area contributed by atoms with Gasteiger partial charge < -0.3 is 24.4 Å². The molecule has 0 saturated heterocycles. The maximum atomic E-state index is 14.4. The molecule has 0 fully saturated rings. The minimum absolute atomic E-state index is 0.00651. The Morgan fingerprint density at radius 1 is 1.07 bits per heavy atom. The average molecular weight is 542 g/mol. The van der Waals surface area contributed by atoms with E-state index in [1.165, 1.54) is 0 Å². The zero-order valence-corrected chi connectivity index (χ0v) is 23.7. The maximum Gasteiger partial charge on any atom is 0.271 e. The minimum Gasteiger partial charge on any atom is -0.508 e. The molecule has 0 spiro atoms. The molecule has 0 unspecified atom stereocenters. The van der Waals surface area contributed by atoms with Crippen molar-refractivity contribution < 1.29 is 19.7 Å². The molecule has 7 heteroatoms. The van der Waals surface area contributed by atoms with Gasteiger partial charge in [0.1, 0.15) is 11.4 Å². The SMILES string of the molecule is C[C@@H]1CN([C@@H](C)CO)C(=O)c2c(c3ccccc3n2C)-c2ccccc2CO[C@@H]1CN(C)Cc1cccc(O)c1. The topological polar surface area (TPSA) is 78.2 Å². The number of carbonyl (C=O) groups is 1. The van der Waals surface area contributed by atoms with E-state index in [4.69, 9.17) is 4.74 Å². The van der Waals surface area contributed by atoms with Gasteiger partial charge in [-0.3, -0.25) is 9.69 Å². The molecule has 0 radical (unpaired) electrons. The number of rotatable bonds is 6. The van der Waals surface area contributed by atoms with Crippen LogP contribution in [0.5, 0.6) is 5.75 Å². The van der Waals surface area contributed by atoms with Crippen LogP contribution < -0.4 is 0 Å². The number of aryl methyl sites for hydroxylation is 1. The second-order valence-electron chi connectivity index (χ2n) is 11.1. The number of hydrogen-bond acceptors (Lipinski definition) is 5. The fourth-order valence-electron chi connectivity index (χ4n) is 5.86. The summed E-state index contributed by atoms with van der Waals surface area (Å²) in [7, 11) is 3.99. The predicted octanol–water partition coefficient (Wildman–Crippen LogP) is 5.04. The summed E-state index contributed by atoms with van der Waals surface area (Å²) in [5.74, 6) is 0.153. The monoisotopic (exact) mass is 541 g/mol. The number of fused-ring (bicyclic) bond motifs is 5. The molecular weight excluding hydrogens is 502 g/mol. The number of aliphatic hydroxyl groups is 1. The van der Waals surface area contributed by atoms with Crippen molar-refractivity contribution in [2.24, 2.45) is 13.0 Å². The fraction of sp³-hybridized carbons (Fsp3) is 0.364. The predicted molar refractivity (Wildman–Crippen MR) is 158 cm³/mol. The number of nitrogens with zero attached hydrogens (tertiary/aromatic N) is 3. The van der Waals surface area contributed by atoms with Crippen LogP contribution in [-0.4, -0.2) is 69.4 Å². The molecule has 1 amide bonds. The second kappa shape index (κ2) is 11.8. The van der Waals surface area contributed by atoms with Crippen molar-refractivity contribution in [3.63, 3.8) is 0 Å². The Kier molecular flexibility index (Phi) is 8.26. The highest BCUT2D eigenvalue weighted by Crippen LogP contribution is 2.38. The van der Waals surface area contributed by atoms with Crippen molar-refractivity contribution in [2.45, 2.75) is 39.1 Å². The summed E-state index contributed by atoms with van der Waals surface area (Å²) in [5, 5.41) is 21.1. The Morgan fingerprint density at radius 2 is 1.82 bits per heavy atom. The molecule has 4 aromatic rings. The molecule has 1 aliphatic heterocycles. The number of hydrogen-bond donors (Lipinski definition) is 2. The molecule has 7 nitrogen and oxygen atoms in total. The van der Waals surface area contributed by atoms with Gasteiger partial charge in [-0.05, 0) is 48.9 Å². The third-order valence-electron chi connectivity index (χ3n) is 8.08. The van der Waals surface area contributed by atoms with Crippen LogP contribution in [0.4, 0.5) is 0 Å². The van der Waals surface area contributed by atoms with E-state index in [2.05, 4.69) is 30.0 Å². The van der Waals surface area contributed by atoms with Crippen LogP contribution in [0.25, 0.3) is 22.0 Å². The number of aromatic hydroxyl groups is 1. The summed E-state index contributed by atoms with van der Waals surface area (Å²) >= 11 is 0. The van der Waals surface area contributed by atoms with Crippen molar-refractivity contribution in [1.82, 2.24) is 14.4 Å². The number of benzene rings is 3. The number of phenolic OH excluding ortho intramolecular Hbond substituents is 1. The number of para-hydroxylation sites is 1. The van der Waals surface area contributed by atoms with E-state index < -0.39 is 0 Å². The lowest BCUT2D eigenvalue weighted by Crippen LogP contribution is -2.47. The number of likely N-dealkylation sites (N-methyl/N-ethyl adjacent to an activating group) is 1. The molecule has 0 bridgehead atoms. The van der Waals surface area contributed by atoms with Crippen LogP contribution >= 0.6 is 0 Å². The summed E-state index contributed by atoms with van der Waals surface area (Å²) in [5.41, 5.74) is 5.56. The highest BCUT2D eigenvalue weighted by molar-refractivity contribution is 6.10. The Bertz CT molecular complexity index is 1500. The Labute approximate surface area is 236 Å². The molecule has 40 heavy (non-hydrogen) atoms. The maximum absolute atomic E-state index is 14.4. The van der Waals surface area contributed by atoms with E-state index in [1.807, 2.05) is 73.0 Å². The molecule has 2 heterocycles. The normalized spacial score (nSPS) is 18.9. The Hall–Kier alpha value is -3.65. The highest BCUT2D eigenvalue weighted by atomic mass is 16.5. The molecule has 0 saturated carbocycles. The Balaban J connectivity index is 1.57. The van der Waals surface area contributed by atoms with Crippen molar-refractivity contribution >= 4 is 16.8 Å². The first-order valence-corrected chi connectivity index (χ1v) is 13.9. The van der Waals surface area contributed by atoms with Crippen molar-refractivity contribution in [1.29, 1.82) is 0 Å². The summed E-state index contributed by atoms with van der Waals surface area (Å²) < 4.78 is 8.67. The average Bonchev–Trinajstić information content (AvgIpc) is 3.24. The first-order chi connectivity index (χ1) is 19.3. The second-order valence-corrected chi connectivity index (χ2v) is 11.1. The fourth-order valence-corrected chi connectivity index (χ4v) is 5.86. The first kappa shape index (κ1) is 27.9. The number of aliphatic hydroxyl groups excluding tert-OH is 1. The standard InChI is InChI=1S/C33H39N3O4/c1-22-17-36(23(2)20-37)33(39)32-31(28-14-7-8-15-29(28)35(32)4)27-13-6-5-11-25(27)21-40-30(22)19-34(3)18-24-10-9-12-26(38)16-24/h5-16,22-23,30,37-38H,17-21H2,1-4H3/t22-,23+,30-/m1/s1. The lowest BCUT2D eigenvalue weighted by atomic mass is 9.96. The minimum atomic E-state index is -0.359. The van der Waals surface area contributed by atoms with Gasteiger partial charge >= 0.3 is 0 Å². The summed E-state index contributed by atoms with van der Waals surface area (Å²) in [4.78, 5) is 18.4. The highest BCUT2D eigenvalue weighted by Gasteiger charge is 2.33. The number of amides is 1. The van der Waals surface area contributed by atoms with Crippen molar-refractivity contribution in [3.05, 3.63) is 89.6 Å². The number of ether oxygens (including phenoxy) is 1. The van der Waals surface area contributed by atoms with Gasteiger partial charge in [0.25, 0.3) is 5.91 Å². The molecule has 2 N–H and O–H groups in total. The largest absolute Gasteiger partial charge is 0.508 e. The number of phenols is 1. The number of aromatic nitrogens is 1. The van der Waals surface area contributed by atoms with E-state index in [9.17, 15) is 15.0 Å². The van der Waals surface area contributed by atoms with Gasteiger partial charge in [0, 0.05) is 49.1 Å².